The maximum absolute atomic E-state index is 13.8. The van der Waals surface area contributed by atoms with Crippen molar-refractivity contribution in [2.45, 2.75) is 37.3 Å². The first-order chi connectivity index (χ1) is 17.4. The lowest BCUT2D eigenvalue weighted by Crippen LogP contribution is -2.22. The number of primary sulfonamides is 1. The average molecular weight is 532 g/mol. The number of sulfonamides is 1. The molecule has 0 unspecified atom stereocenters. The molecule has 3 aromatic rings. The zero-order chi connectivity index (χ0) is 26.8. The normalized spacial score (nSPS) is 14.6. The molecule has 1 amide bonds. The molecule has 0 aliphatic carbocycles. The van der Waals surface area contributed by atoms with Crippen molar-refractivity contribution >= 4 is 21.6 Å². The van der Waals surface area contributed by atoms with Crippen LogP contribution in [0.4, 0.5) is 18.9 Å². The molecule has 0 atom stereocenters. The summed E-state index contributed by atoms with van der Waals surface area (Å²) in [5.41, 5.74) is 1.55. The minimum atomic E-state index is -4.50. The molecule has 0 saturated carbocycles. The molecule has 1 aliphatic heterocycles. The van der Waals surface area contributed by atoms with Gasteiger partial charge in [0, 0.05) is 17.8 Å². The predicted octanol–water partition coefficient (Wildman–Crippen LogP) is 5.22. The van der Waals surface area contributed by atoms with Gasteiger partial charge in [-0.2, -0.15) is 13.2 Å². The summed E-state index contributed by atoms with van der Waals surface area (Å²) in [6, 6.07) is 14.4. The second-order valence-corrected chi connectivity index (χ2v) is 10.7. The number of rotatable bonds is 7. The fraction of sp³-hybridized carbons (Fsp3) is 0.296. The Kier molecular flexibility index (Phi) is 7.72. The van der Waals surface area contributed by atoms with E-state index in [0.29, 0.717) is 35.3 Å². The molecule has 1 aliphatic rings. The Morgan fingerprint density at radius 3 is 2.35 bits per heavy atom. The molecule has 1 saturated heterocycles. The fourth-order valence-electron chi connectivity index (χ4n) is 4.70. The number of alkyl halides is 3. The number of aryl methyl sites for hydroxylation is 1. The fourth-order valence-corrected chi connectivity index (χ4v) is 5.47. The number of carbonyl (C=O) groups excluding carboxylic acids is 1. The lowest BCUT2D eigenvalue weighted by molar-refractivity contribution is -0.137. The number of halogens is 3. The molecule has 0 spiro atoms. The van der Waals surface area contributed by atoms with Gasteiger partial charge in [-0.1, -0.05) is 24.3 Å². The van der Waals surface area contributed by atoms with Crippen molar-refractivity contribution in [2.24, 2.45) is 5.14 Å². The van der Waals surface area contributed by atoms with Crippen LogP contribution in [-0.4, -0.2) is 38.9 Å². The van der Waals surface area contributed by atoms with Crippen molar-refractivity contribution < 1.29 is 26.4 Å². The van der Waals surface area contributed by atoms with Crippen LogP contribution in [0.15, 0.2) is 65.6 Å². The first-order valence-corrected chi connectivity index (χ1v) is 13.4. The maximum atomic E-state index is 13.8. The molecular formula is C27H28F3N3O3S. The van der Waals surface area contributed by atoms with Crippen LogP contribution in [0, 0.1) is 6.92 Å². The second-order valence-electron chi connectivity index (χ2n) is 9.19. The summed E-state index contributed by atoms with van der Waals surface area (Å²) < 4.78 is 64.6. The number of anilines is 1. The van der Waals surface area contributed by atoms with Gasteiger partial charge in [0.1, 0.15) is 0 Å². The first kappa shape index (κ1) is 26.8. The highest BCUT2D eigenvalue weighted by Gasteiger charge is 2.33. The van der Waals surface area contributed by atoms with E-state index in [1.807, 2.05) is 0 Å². The Balaban J connectivity index is 1.66. The van der Waals surface area contributed by atoms with Gasteiger partial charge in [-0.3, -0.25) is 4.79 Å². The Hall–Kier alpha value is -3.21. The van der Waals surface area contributed by atoms with Crippen molar-refractivity contribution in [1.82, 2.24) is 4.90 Å². The van der Waals surface area contributed by atoms with Crippen LogP contribution in [0.2, 0.25) is 0 Å². The lowest BCUT2D eigenvalue weighted by Gasteiger charge is -2.19. The van der Waals surface area contributed by atoms with Gasteiger partial charge in [-0.25, -0.2) is 13.6 Å². The monoisotopic (exact) mass is 531 g/mol. The van der Waals surface area contributed by atoms with Gasteiger partial charge in [-0.15, -0.1) is 0 Å². The van der Waals surface area contributed by atoms with Crippen LogP contribution >= 0.6 is 0 Å². The van der Waals surface area contributed by atoms with Crippen molar-refractivity contribution in [3.63, 3.8) is 0 Å². The number of benzene rings is 3. The van der Waals surface area contributed by atoms with Crippen LogP contribution in [0.3, 0.4) is 0 Å². The van der Waals surface area contributed by atoms with Gasteiger partial charge < -0.3 is 10.2 Å². The summed E-state index contributed by atoms with van der Waals surface area (Å²) in [6.07, 6.45) is -1.78. The molecular weight excluding hydrogens is 503 g/mol. The minimum Gasteiger partial charge on any atom is -0.322 e. The topological polar surface area (TPSA) is 92.5 Å². The van der Waals surface area contributed by atoms with E-state index in [1.165, 1.54) is 30.3 Å². The van der Waals surface area contributed by atoms with Gasteiger partial charge in [0.05, 0.1) is 10.5 Å². The molecule has 0 bridgehead atoms. The number of hydrogen-bond acceptors (Lipinski definition) is 4. The summed E-state index contributed by atoms with van der Waals surface area (Å²) in [6.45, 7) is 4.16. The largest absolute Gasteiger partial charge is 0.417 e. The molecule has 10 heteroatoms. The van der Waals surface area contributed by atoms with Crippen LogP contribution in [0.5, 0.6) is 0 Å². The number of carbonyl (C=O) groups is 1. The summed E-state index contributed by atoms with van der Waals surface area (Å²) >= 11 is 0. The zero-order valence-corrected chi connectivity index (χ0v) is 21.1. The number of amides is 1. The van der Waals surface area contributed by atoms with E-state index in [-0.39, 0.29) is 16.0 Å². The van der Waals surface area contributed by atoms with Crippen molar-refractivity contribution in [3.8, 4) is 11.1 Å². The second kappa shape index (κ2) is 10.6. The van der Waals surface area contributed by atoms with Crippen LogP contribution in [0.25, 0.3) is 11.1 Å². The number of likely N-dealkylation sites (tertiary alicyclic amines) is 1. The van der Waals surface area contributed by atoms with Crippen molar-refractivity contribution in [2.75, 3.05) is 25.0 Å². The van der Waals surface area contributed by atoms with E-state index in [2.05, 4.69) is 10.2 Å². The Labute approximate surface area is 214 Å². The van der Waals surface area contributed by atoms with Crippen LogP contribution < -0.4 is 10.5 Å². The number of hydrogen-bond donors (Lipinski definition) is 2. The molecule has 0 aromatic heterocycles. The van der Waals surface area contributed by atoms with Gasteiger partial charge in [0.2, 0.25) is 10.0 Å². The smallest absolute Gasteiger partial charge is 0.322 e. The number of nitrogens with zero attached hydrogens (tertiary/aromatic N) is 1. The molecule has 3 N–H and O–H groups in total. The molecule has 1 fully saturated rings. The third kappa shape index (κ3) is 6.38. The summed E-state index contributed by atoms with van der Waals surface area (Å²) in [4.78, 5) is 15.1. The Morgan fingerprint density at radius 2 is 1.70 bits per heavy atom. The summed E-state index contributed by atoms with van der Waals surface area (Å²) in [7, 11) is -3.91. The van der Waals surface area contributed by atoms with Gasteiger partial charge in [-0.05, 0) is 97.9 Å². The summed E-state index contributed by atoms with van der Waals surface area (Å²) in [5, 5.41) is 7.98. The van der Waals surface area contributed by atoms with Crippen molar-refractivity contribution in [3.05, 3.63) is 82.9 Å². The molecule has 3 aromatic carbocycles. The summed E-state index contributed by atoms with van der Waals surface area (Å²) in [5.74, 6) is -0.474. The van der Waals surface area contributed by atoms with E-state index in [9.17, 15) is 26.4 Å². The maximum Gasteiger partial charge on any atom is 0.417 e. The van der Waals surface area contributed by atoms with E-state index in [4.69, 9.17) is 5.14 Å². The van der Waals surface area contributed by atoms with E-state index in [0.717, 1.165) is 32.0 Å². The third-order valence-corrected chi connectivity index (χ3v) is 7.60. The van der Waals surface area contributed by atoms with E-state index < -0.39 is 27.7 Å². The molecule has 4 rings (SSSR count). The molecule has 0 radical (unpaired) electrons. The highest BCUT2D eigenvalue weighted by Crippen LogP contribution is 2.39. The number of nitrogens with one attached hydrogen (secondary N) is 1. The average Bonchev–Trinajstić information content (AvgIpc) is 3.35. The molecule has 37 heavy (non-hydrogen) atoms. The van der Waals surface area contributed by atoms with Gasteiger partial charge in [0.25, 0.3) is 5.91 Å². The van der Waals surface area contributed by atoms with Gasteiger partial charge in [0.15, 0.2) is 0 Å². The van der Waals surface area contributed by atoms with Gasteiger partial charge >= 0.3 is 6.18 Å². The SMILES string of the molecule is Cc1cc(C(=O)Nc2ccc(-c3ccccc3C(F)(F)F)c(CCN3CCCC3)c2)ccc1S(N)(=O)=O. The first-order valence-electron chi connectivity index (χ1n) is 11.9. The molecule has 1 heterocycles. The standard InChI is InChI=1S/C27H28F3N3O3S/c1-18-16-20(8-11-25(18)37(31,35)36)26(34)32-21-9-10-22(19(17-21)12-15-33-13-4-5-14-33)23-6-2-3-7-24(23)27(28,29)30/h2-3,6-11,16-17H,4-5,12-15H2,1H3,(H,32,34)(H2,31,35,36). The Bertz CT molecular complexity index is 1420. The number of nitrogens with two attached hydrogens (primary N) is 1. The third-order valence-electron chi connectivity index (χ3n) is 6.53. The zero-order valence-electron chi connectivity index (χ0n) is 20.3. The molecule has 6 nitrogen and oxygen atoms in total. The lowest BCUT2D eigenvalue weighted by atomic mass is 9.93. The van der Waals surface area contributed by atoms with Crippen LogP contribution in [0.1, 0.15) is 39.9 Å². The minimum absolute atomic E-state index is 0.0686. The van der Waals surface area contributed by atoms with E-state index >= 15 is 0 Å². The highest BCUT2D eigenvalue weighted by atomic mass is 32.2. The van der Waals surface area contributed by atoms with Crippen molar-refractivity contribution in [1.29, 1.82) is 0 Å². The Morgan fingerprint density at radius 1 is 1.00 bits per heavy atom. The molecule has 196 valence electrons. The highest BCUT2D eigenvalue weighted by molar-refractivity contribution is 7.89. The quantitative estimate of drug-likeness (QED) is 0.437. The predicted molar refractivity (Wildman–Crippen MR) is 137 cm³/mol. The van der Waals surface area contributed by atoms with E-state index in [1.54, 1.807) is 31.2 Å². The van der Waals surface area contributed by atoms with Crippen LogP contribution in [-0.2, 0) is 22.6 Å².